The summed E-state index contributed by atoms with van der Waals surface area (Å²) in [5.74, 6) is -1.95. The van der Waals surface area contributed by atoms with Gasteiger partial charge >= 0.3 is 5.91 Å². The van der Waals surface area contributed by atoms with E-state index >= 15 is 0 Å². The van der Waals surface area contributed by atoms with Gasteiger partial charge in [0.05, 0.1) is 12.0 Å². The van der Waals surface area contributed by atoms with Gasteiger partial charge in [0.2, 0.25) is 0 Å². The van der Waals surface area contributed by atoms with E-state index in [1.165, 1.54) is 38.4 Å². The van der Waals surface area contributed by atoms with Crippen LogP contribution in [-0.2, 0) is 9.63 Å². The molecule has 0 bridgehead atoms. The molecule has 0 heterocycles. The topological polar surface area (TPSA) is 72.7 Å². The summed E-state index contributed by atoms with van der Waals surface area (Å²) < 4.78 is 13.4. The molecule has 0 saturated heterocycles. The number of hydrogen-bond acceptors (Lipinski definition) is 4. The molecule has 0 aliphatic rings. The fourth-order valence-electron chi connectivity index (χ4n) is 1.13. The van der Waals surface area contributed by atoms with Crippen molar-refractivity contribution in [2.24, 2.45) is 0 Å². The van der Waals surface area contributed by atoms with Crippen molar-refractivity contribution in [3.63, 3.8) is 0 Å². The number of carbonyl (C=O) groups is 1. The van der Waals surface area contributed by atoms with Crippen molar-refractivity contribution in [3.8, 4) is 0 Å². The molecule has 0 radical (unpaired) electrons. The number of non-ortho nitro benzene ring substituents is 1. The maximum Gasteiger partial charge on any atom is 0.305 e. The standard InChI is InChI=1S/C11H11FN2O4/c1-13(18-2)11(15)10(12)7-8-3-5-9(6-4-8)14(16)17/h3-7H,1-2H3/b10-7+. The zero-order valence-electron chi connectivity index (χ0n) is 9.79. The summed E-state index contributed by atoms with van der Waals surface area (Å²) in [6.45, 7) is 0. The number of hydroxylamine groups is 2. The molecule has 0 fully saturated rings. The lowest BCUT2D eigenvalue weighted by Gasteiger charge is -2.11. The highest BCUT2D eigenvalue weighted by Gasteiger charge is 2.14. The molecule has 6 nitrogen and oxygen atoms in total. The van der Waals surface area contributed by atoms with E-state index in [0.717, 1.165) is 11.1 Å². The Morgan fingerprint density at radius 3 is 2.44 bits per heavy atom. The first-order valence-corrected chi connectivity index (χ1v) is 4.89. The predicted molar refractivity (Wildman–Crippen MR) is 62.0 cm³/mol. The molecule has 0 saturated carbocycles. The second-order valence-corrected chi connectivity index (χ2v) is 3.33. The Morgan fingerprint density at radius 1 is 1.44 bits per heavy atom. The minimum atomic E-state index is -1.02. The minimum absolute atomic E-state index is 0.104. The second-order valence-electron chi connectivity index (χ2n) is 3.33. The fourth-order valence-corrected chi connectivity index (χ4v) is 1.13. The summed E-state index contributed by atoms with van der Waals surface area (Å²) in [5.41, 5.74) is 0.240. The van der Waals surface area contributed by atoms with Crippen LogP contribution in [0.15, 0.2) is 30.1 Å². The van der Waals surface area contributed by atoms with Crippen molar-refractivity contribution in [1.29, 1.82) is 0 Å². The Balaban J connectivity index is 2.89. The van der Waals surface area contributed by atoms with Gasteiger partial charge in [-0.3, -0.25) is 19.7 Å². The van der Waals surface area contributed by atoms with Crippen LogP contribution in [0.1, 0.15) is 5.56 Å². The van der Waals surface area contributed by atoms with Gasteiger partial charge in [0.1, 0.15) is 0 Å². The Kier molecular flexibility index (Phi) is 4.50. The van der Waals surface area contributed by atoms with Gasteiger partial charge in [0, 0.05) is 19.2 Å². The molecule has 1 aromatic rings. The first-order chi connectivity index (χ1) is 8.45. The molecule has 0 aliphatic heterocycles. The van der Waals surface area contributed by atoms with E-state index in [0.29, 0.717) is 5.56 Å². The van der Waals surface area contributed by atoms with Gasteiger partial charge in [0.25, 0.3) is 5.69 Å². The molecule has 0 N–H and O–H groups in total. The van der Waals surface area contributed by atoms with E-state index in [4.69, 9.17) is 0 Å². The number of halogens is 1. The summed E-state index contributed by atoms with van der Waals surface area (Å²) in [6, 6.07) is 5.14. The van der Waals surface area contributed by atoms with Crippen LogP contribution in [0.2, 0.25) is 0 Å². The molecule has 0 spiro atoms. The molecular formula is C11H11FN2O4. The molecule has 0 atom stereocenters. The smallest absolute Gasteiger partial charge is 0.274 e. The number of amides is 1. The quantitative estimate of drug-likeness (QED) is 0.467. The van der Waals surface area contributed by atoms with E-state index in [1.54, 1.807) is 0 Å². The van der Waals surface area contributed by atoms with Crippen LogP contribution < -0.4 is 0 Å². The number of rotatable bonds is 4. The van der Waals surface area contributed by atoms with E-state index < -0.39 is 16.7 Å². The number of hydrogen-bond donors (Lipinski definition) is 0. The number of benzene rings is 1. The Hall–Kier alpha value is -2.28. The Morgan fingerprint density at radius 2 is 2.00 bits per heavy atom. The molecule has 0 aliphatic carbocycles. The van der Waals surface area contributed by atoms with Crippen LogP contribution in [0.4, 0.5) is 10.1 Å². The summed E-state index contributed by atoms with van der Waals surface area (Å²) in [4.78, 5) is 25.7. The largest absolute Gasteiger partial charge is 0.305 e. The molecule has 18 heavy (non-hydrogen) atoms. The Labute approximate surface area is 102 Å². The SMILES string of the molecule is CON(C)C(=O)/C(F)=C\c1ccc([N+](=O)[O-])cc1. The third-order valence-electron chi connectivity index (χ3n) is 2.16. The highest BCUT2D eigenvalue weighted by Crippen LogP contribution is 2.15. The normalized spacial score (nSPS) is 11.2. The van der Waals surface area contributed by atoms with Crippen LogP contribution in [0.5, 0.6) is 0 Å². The molecule has 0 aromatic heterocycles. The maximum absolute atomic E-state index is 13.4. The lowest BCUT2D eigenvalue weighted by molar-refractivity contribution is -0.384. The highest BCUT2D eigenvalue weighted by molar-refractivity contribution is 5.94. The summed E-state index contributed by atoms with van der Waals surface area (Å²) in [5, 5.41) is 11.1. The summed E-state index contributed by atoms with van der Waals surface area (Å²) in [6.07, 6.45) is 0.974. The Bertz CT molecular complexity index is 484. The van der Waals surface area contributed by atoms with Crippen LogP contribution >= 0.6 is 0 Å². The fraction of sp³-hybridized carbons (Fsp3) is 0.182. The number of nitro groups is 1. The number of likely N-dealkylation sites (N-methyl/N-ethyl adjacent to an activating group) is 1. The van der Waals surface area contributed by atoms with Gasteiger partial charge < -0.3 is 0 Å². The summed E-state index contributed by atoms with van der Waals surface area (Å²) >= 11 is 0. The van der Waals surface area contributed by atoms with Gasteiger partial charge in [0.15, 0.2) is 5.83 Å². The maximum atomic E-state index is 13.4. The lowest BCUT2D eigenvalue weighted by Crippen LogP contribution is -2.25. The average molecular weight is 254 g/mol. The van der Waals surface area contributed by atoms with Crippen molar-refractivity contribution in [2.45, 2.75) is 0 Å². The van der Waals surface area contributed by atoms with Crippen molar-refractivity contribution in [2.75, 3.05) is 14.2 Å². The van der Waals surface area contributed by atoms with Crippen molar-refractivity contribution in [1.82, 2.24) is 5.06 Å². The zero-order chi connectivity index (χ0) is 13.7. The first-order valence-electron chi connectivity index (χ1n) is 4.89. The molecule has 1 aromatic carbocycles. The van der Waals surface area contributed by atoms with Crippen LogP contribution in [0.25, 0.3) is 6.08 Å². The van der Waals surface area contributed by atoms with E-state index in [-0.39, 0.29) is 5.69 Å². The predicted octanol–water partition coefficient (Wildman–Crippen LogP) is 1.93. The molecular weight excluding hydrogens is 243 g/mol. The van der Waals surface area contributed by atoms with Gasteiger partial charge in [-0.1, -0.05) is 0 Å². The number of carbonyl (C=O) groups excluding carboxylic acids is 1. The van der Waals surface area contributed by atoms with E-state index in [9.17, 15) is 19.3 Å². The van der Waals surface area contributed by atoms with Crippen molar-refractivity contribution >= 4 is 17.7 Å². The zero-order valence-corrected chi connectivity index (χ0v) is 9.79. The first kappa shape index (κ1) is 13.8. The molecule has 1 rings (SSSR count). The van der Waals surface area contributed by atoms with E-state index in [2.05, 4.69) is 4.84 Å². The van der Waals surface area contributed by atoms with Gasteiger partial charge in [-0.2, -0.15) is 0 Å². The third-order valence-corrected chi connectivity index (χ3v) is 2.16. The van der Waals surface area contributed by atoms with Crippen LogP contribution in [-0.4, -0.2) is 30.1 Å². The highest BCUT2D eigenvalue weighted by atomic mass is 19.1. The molecule has 96 valence electrons. The van der Waals surface area contributed by atoms with Gasteiger partial charge in [-0.15, -0.1) is 0 Å². The second kappa shape index (κ2) is 5.87. The average Bonchev–Trinajstić information content (AvgIpc) is 2.37. The van der Waals surface area contributed by atoms with Crippen LogP contribution in [0, 0.1) is 10.1 Å². The number of nitrogens with zero attached hydrogens (tertiary/aromatic N) is 2. The van der Waals surface area contributed by atoms with Crippen molar-refractivity contribution < 1.29 is 18.9 Å². The minimum Gasteiger partial charge on any atom is -0.274 e. The lowest BCUT2D eigenvalue weighted by atomic mass is 10.2. The van der Waals surface area contributed by atoms with E-state index in [1.807, 2.05) is 0 Å². The summed E-state index contributed by atoms with van der Waals surface area (Å²) in [7, 11) is 2.50. The van der Waals surface area contributed by atoms with Crippen molar-refractivity contribution in [3.05, 3.63) is 45.8 Å². The molecule has 1 amide bonds. The third kappa shape index (κ3) is 3.36. The molecule has 7 heteroatoms. The van der Waals surface area contributed by atoms with Crippen LogP contribution in [0.3, 0.4) is 0 Å². The van der Waals surface area contributed by atoms with Gasteiger partial charge in [-0.05, 0) is 23.8 Å². The number of nitro benzene ring substituents is 1. The molecule has 0 unspecified atom stereocenters. The van der Waals surface area contributed by atoms with Gasteiger partial charge in [-0.25, -0.2) is 9.45 Å². The monoisotopic (exact) mass is 254 g/mol.